The van der Waals surface area contributed by atoms with Gasteiger partial charge in [0.15, 0.2) is 0 Å². The minimum absolute atomic E-state index is 0.274. The SMILES string of the molecule is CCOc1ccc(Cl)cc1NC(=O)c1cc(C)nc(Cl)c1. The summed E-state index contributed by atoms with van der Waals surface area (Å²) in [5, 5.41) is 3.56. The average molecular weight is 325 g/mol. The summed E-state index contributed by atoms with van der Waals surface area (Å²) in [5.41, 5.74) is 1.61. The highest BCUT2D eigenvalue weighted by Gasteiger charge is 2.12. The van der Waals surface area contributed by atoms with E-state index in [2.05, 4.69) is 10.3 Å². The zero-order valence-corrected chi connectivity index (χ0v) is 13.1. The van der Waals surface area contributed by atoms with Crippen LogP contribution in [-0.4, -0.2) is 17.5 Å². The van der Waals surface area contributed by atoms with E-state index >= 15 is 0 Å². The molecule has 2 rings (SSSR count). The van der Waals surface area contributed by atoms with Gasteiger partial charge >= 0.3 is 0 Å². The Hall–Kier alpha value is -1.78. The van der Waals surface area contributed by atoms with Gasteiger partial charge in [-0.05, 0) is 44.2 Å². The van der Waals surface area contributed by atoms with Crippen molar-refractivity contribution in [1.82, 2.24) is 4.98 Å². The van der Waals surface area contributed by atoms with Crippen molar-refractivity contribution in [3.05, 3.63) is 51.8 Å². The van der Waals surface area contributed by atoms with E-state index in [0.29, 0.717) is 34.3 Å². The molecule has 0 aliphatic rings. The molecule has 0 aliphatic heterocycles. The first-order valence-electron chi connectivity index (χ1n) is 6.37. The molecular weight excluding hydrogens is 311 g/mol. The molecular formula is C15H14Cl2N2O2. The molecule has 0 fully saturated rings. The van der Waals surface area contributed by atoms with Crippen LogP contribution < -0.4 is 10.1 Å². The maximum absolute atomic E-state index is 12.3. The first kappa shape index (κ1) is 15.6. The van der Waals surface area contributed by atoms with Gasteiger partial charge < -0.3 is 10.1 Å². The Bertz CT molecular complexity index is 654. The molecule has 2 aromatic rings. The molecule has 0 radical (unpaired) electrons. The molecule has 1 aromatic heterocycles. The molecule has 110 valence electrons. The summed E-state index contributed by atoms with van der Waals surface area (Å²) in [7, 11) is 0. The van der Waals surface area contributed by atoms with Crippen LogP contribution in [0.2, 0.25) is 10.2 Å². The standard InChI is InChI=1S/C15H14Cl2N2O2/c1-3-21-13-5-4-11(16)8-12(13)19-15(20)10-6-9(2)18-14(17)7-10/h4-8H,3H2,1-2H3,(H,19,20). The van der Waals surface area contributed by atoms with Crippen LogP contribution in [0.25, 0.3) is 0 Å². The van der Waals surface area contributed by atoms with E-state index in [1.807, 2.05) is 6.92 Å². The molecule has 1 aromatic carbocycles. The van der Waals surface area contributed by atoms with Crippen molar-refractivity contribution in [1.29, 1.82) is 0 Å². The van der Waals surface area contributed by atoms with E-state index in [4.69, 9.17) is 27.9 Å². The number of rotatable bonds is 4. The second kappa shape index (κ2) is 6.78. The van der Waals surface area contributed by atoms with Gasteiger partial charge in [-0.15, -0.1) is 0 Å². The lowest BCUT2D eigenvalue weighted by atomic mass is 10.2. The number of nitrogens with one attached hydrogen (secondary N) is 1. The van der Waals surface area contributed by atoms with Gasteiger partial charge in [0.05, 0.1) is 12.3 Å². The summed E-state index contributed by atoms with van der Waals surface area (Å²) in [4.78, 5) is 16.3. The molecule has 1 N–H and O–H groups in total. The highest BCUT2D eigenvalue weighted by molar-refractivity contribution is 6.31. The number of carbonyl (C=O) groups is 1. The molecule has 0 unspecified atom stereocenters. The number of ether oxygens (including phenoxy) is 1. The fraction of sp³-hybridized carbons (Fsp3) is 0.200. The number of carbonyl (C=O) groups excluding carboxylic acids is 1. The van der Waals surface area contributed by atoms with Gasteiger partial charge in [0.1, 0.15) is 10.9 Å². The number of halogens is 2. The van der Waals surface area contributed by atoms with E-state index in [1.165, 1.54) is 6.07 Å². The van der Waals surface area contributed by atoms with Crippen LogP contribution in [0.4, 0.5) is 5.69 Å². The minimum Gasteiger partial charge on any atom is -0.492 e. The summed E-state index contributed by atoms with van der Waals surface area (Å²) in [6.07, 6.45) is 0. The molecule has 21 heavy (non-hydrogen) atoms. The number of hydrogen-bond acceptors (Lipinski definition) is 3. The lowest BCUT2D eigenvalue weighted by Crippen LogP contribution is -2.13. The zero-order valence-electron chi connectivity index (χ0n) is 11.6. The molecule has 1 heterocycles. The van der Waals surface area contributed by atoms with Crippen molar-refractivity contribution in [2.75, 3.05) is 11.9 Å². The molecule has 6 heteroatoms. The first-order valence-corrected chi connectivity index (χ1v) is 7.13. The Kier molecular flexibility index (Phi) is 5.04. The lowest BCUT2D eigenvalue weighted by molar-refractivity contribution is 0.102. The van der Waals surface area contributed by atoms with Crippen LogP contribution in [0.15, 0.2) is 30.3 Å². The molecule has 0 aliphatic carbocycles. The van der Waals surface area contributed by atoms with E-state index in [-0.39, 0.29) is 11.1 Å². The number of aryl methyl sites for hydroxylation is 1. The van der Waals surface area contributed by atoms with Gasteiger partial charge in [-0.25, -0.2) is 4.98 Å². The van der Waals surface area contributed by atoms with E-state index in [9.17, 15) is 4.79 Å². The number of aromatic nitrogens is 1. The average Bonchev–Trinajstić information content (AvgIpc) is 2.41. The maximum Gasteiger partial charge on any atom is 0.255 e. The third-order valence-electron chi connectivity index (χ3n) is 2.67. The van der Waals surface area contributed by atoms with Gasteiger partial charge in [0.25, 0.3) is 5.91 Å². The summed E-state index contributed by atoms with van der Waals surface area (Å²) in [5.74, 6) is 0.262. The number of benzene rings is 1. The highest BCUT2D eigenvalue weighted by Crippen LogP contribution is 2.28. The van der Waals surface area contributed by atoms with E-state index in [1.54, 1.807) is 31.2 Å². The predicted octanol–water partition coefficient (Wildman–Crippen LogP) is 4.35. The zero-order chi connectivity index (χ0) is 15.4. The quantitative estimate of drug-likeness (QED) is 0.851. The Morgan fingerprint density at radius 1 is 1.29 bits per heavy atom. The van der Waals surface area contributed by atoms with Gasteiger partial charge in [-0.2, -0.15) is 0 Å². The third-order valence-corrected chi connectivity index (χ3v) is 3.10. The van der Waals surface area contributed by atoms with Crippen molar-refractivity contribution in [2.24, 2.45) is 0 Å². The van der Waals surface area contributed by atoms with Crippen molar-refractivity contribution in [3.8, 4) is 5.75 Å². The molecule has 0 saturated carbocycles. The number of hydrogen-bond donors (Lipinski definition) is 1. The number of nitrogens with zero attached hydrogens (tertiary/aromatic N) is 1. The predicted molar refractivity (Wildman–Crippen MR) is 84.6 cm³/mol. The minimum atomic E-state index is -0.300. The topological polar surface area (TPSA) is 51.2 Å². The van der Waals surface area contributed by atoms with Crippen LogP contribution in [-0.2, 0) is 0 Å². The van der Waals surface area contributed by atoms with Crippen molar-refractivity contribution >= 4 is 34.8 Å². The van der Waals surface area contributed by atoms with Crippen LogP contribution in [0.3, 0.4) is 0 Å². The van der Waals surface area contributed by atoms with Crippen LogP contribution in [0.5, 0.6) is 5.75 Å². The van der Waals surface area contributed by atoms with Crippen molar-refractivity contribution in [3.63, 3.8) is 0 Å². The van der Waals surface area contributed by atoms with Crippen LogP contribution in [0, 0.1) is 6.92 Å². The van der Waals surface area contributed by atoms with Gasteiger partial charge in [-0.1, -0.05) is 23.2 Å². The first-order chi connectivity index (χ1) is 9.99. The Morgan fingerprint density at radius 2 is 2.05 bits per heavy atom. The Balaban J connectivity index is 2.28. The number of amides is 1. The molecule has 4 nitrogen and oxygen atoms in total. The maximum atomic E-state index is 12.3. The van der Waals surface area contributed by atoms with Gasteiger partial charge in [-0.3, -0.25) is 4.79 Å². The molecule has 0 saturated heterocycles. The number of pyridine rings is 1. The summed E-state index contributed by atoms with van der Waals surface area (Å²) in [6, 6.07) is 8.23. The molecule has 0 spiro atoms. The fourth-order valence-electron chi connectivity index (χ4n) is 1.83. The lowest BCUT2D eigenvalue weighted by Gasteiger charge is -2.12. The monoisotopic (exact) mass is 324 g/mol. The third kappa shape index (κ3) is 4.09. The smallest absolute Gasteiger partial charge is 0.255 e. The highest BCUT2D eigenvalue weighted by atomic mass is 35.5. The molecule has 0 bridgehead atoms. The van der Waals surface area contributed by atoms with Crippen LogP contribution in [0.1, 0.15) is 23.0 Å². The van der Waals surface area contributed by atoms with Crippen molar-refractivity contribution in [2.45, 2.75) is 13.8 Å². The Labute approximate surface area is 133 Å². The van der Waals surface area contributed by atoms with Crippen LogP contribution >= 0.6 is 23.2 Å². The molecule has 0 atom stereocenters. The number of anilines is 1. The molecule has 1 amide bonds. The van der Waals surface area contributed by atoms with Crippen molar-refractivity contribution < 1.29 is 9.53 Å². The largest absolute Gasteiger partial charge is 0.492 e. The summed E-state index contributed by atoms with van der Waals surface area (Å²) < 4.78 is 5.46. The second-order valence-corrected chi connectivity index (χ2v) is 5.17. The van der Waals surface area contributed by atoms with E-state index in [0.717, 1.165) is 0 Å². The normalized spacial score (nSPS) is 10.3. The van der Waals surface area contributed by atoms with Gasteiger partial charge in [0.2, 0.25) is 0 Å². The van der Waals surface area contributed by atoms with E-state index < -0.39 is 0 Å². The Morgan fingerprint density at radius 3 is 2.71 bits per heavy atom. The van der Waals surface area contributed by atoms with Gasteiger partial charge in [0, 0.05) is 16.3 Å². The second-order valence-electron chi connectivity index (χ2n) is 4.35. The summed E-state index contributed by atoms with van der Waals surface area (Å²) in [6.45, 7) is 4.13. The summed E-state index contributed by atoms with van der Waals surface area (Å²) >= 11 is 11.8. The fourth-order valence-corrected chi connectivity index (χ4v) is 2.26.